The van der Waals surface area contributed by atoms with Crippen molar-refractivity contribution in [2.24, 2.45) is 10.4 Å². The molecular formula is C18H24FN3. The van der Waals surface area contributed by atoms with Gasteiger partial charge < -0.3 is 10.2 Å². The van der Waals surface area contributed by atoms with Crippen molar-refractivity contribution in [3.05, 3.63) is 35.6 Å². The maximum absolute atomic E-state index is 13.9. The minimum atomic E-state index is -0.0821. The Kier molecular flexibility index (Phi) is 3.35. The molecule has 1 N–H and O–H groups in total. The molecule has 0 amide bonds. The monoisotopic (exact) mass is 301 g/mol. The first kappa shape index (κ1) is 14.0. The number of hydrogen-bond acceptors (Lipinski definition) is 1. The van der Waals surface area contributed by atoms with Crippen molar-refractivity contribution in [1.82, 2.24) is 10.2 Å². The van der Waals surface area contributed by atoms with Crippen LogP contribution in [-0.2, 0) is 0 Å². The Balaban J connectivity index is 1.38. The third kappa shape index (κ3) is 2.38. The van der Waals surface area contributed by atoms with Gasteiger partial charge in [-0.05, 0) is 42.7 Å². The number of halogens is 1. The summed E-state index contributed by atoms with van der Waals surface area (Å²) in [6.07, 6.45) is 6.44. The van der Waals surface area contributed by atoms with Crippen molar-refractivity contribution >= 4 is 5.96 Å². The van der Waals surface area contributed by atoms with Crippen molar-refractivity contribution in [1.29, 1.82) is 0 Å². The van der Waals surface area contributed by atoms with Gasteiger partial charge in [0.05, 0.1) is 0 Å². The van der Waals surface area contributed by atoms with E-state index in [1.807, 2.05) is 19.2 Å². The topological polar surface area (TPSA) is 27.6 Å². The molecule has 1 aromatic rings. The van der Waals surface area contributed by atoms with Crippen molar-refractivity contribution in [2.45, 2.75) is 44.1 Å². The lowest BCUT2D eigenvalue weighted by Gasteiger charge is -2.38. The van der Waals surface area contributed by atoms with E-state index >= 15 is 0 Å². The molecule has 0 aromatic heterocycles. The number of nitrogens with one attached hydrogen (secondary N) is 1. The van der Waals surface area contributed by atoms with Gasteiger partial charge in [0.1, 0.15) is 5.82 Å². The van der Waals surface area contributed by atoms with Gasteiger partial charge in [0, 0.05) is 32.1 Å². The van der Waals surface area contributed by atoms with Crippen LogP contribution in [0.25, 0.3) is 0 Å². The fourth-order valence-electron chi connectivity index (χ4n) is 4.14. The van der Waals surface area contributed by atoms with Gasteiger partial charge >= 0.3 is 0 Å². The van der Waals surface area contributed by atoms with Gasteiger partial charge in [-0.1, -0.05) is 24.6 Å². The summed E-state index contributed by atoms with van der Waals surface area (Å²) < 4.78 is 13.9. The Morgan fingerprint density at radius 3 is 2.77 bits per heavy atom. The molecule has 2 atom stereocenters. The van der Waals surface area contributed by atoms with E-state index in [9.17, 15) is 4.39 Å². The summed E-state index contributed by atoms with van der Waals surface area (Å²) in [5.74, 6) is 1.22. The fourth-order valence-corrected chi connectivity index (χ4v) is 4.14. The number of guanidine groups is 1. The van der Waals surface area contributed by atoms with E-state index in [1.165, 1.54) is 25.7 Å². The number of likely N-dealkylation sites (tertiary alicyclic amines) is 1. The van der Waals surface area contributed by atoms with Crippen LogP contribution in [0.2, 0.25) is 0 Å². The van der Waals surface area contributed by atoms with Crippen LogP contribution in [0.1, 0.15) is 43.6 Å². The van der Waals surface area contributed by atoms with Crippen LogP contribution < -0.4 is 5.32 Å². The molecular weight excluding hydrogens is 277 g/mol. The highest BCUT2D eigenvalue weighted by Crippen LogP contribution is 2.48. The van der Waals surface area contributed by atoms with Crippen molar-refractivity contribution in [3.63, 3.8) is 0 Å². The van der Waals surface area contributed by atoms with Crippen LogP contribution in [-0.4, -0.2) is 37.0 Å². The Hall–Kier alpha value is -1.58. The molecule has 3 nitrogen and oxygen atoms in total. The molecule has 0 radical (unpaired) electrons. The third-order valence-electron chi connectivity index (χ3n) is 5.77. The average Bonchev–Trinajstić information content (AvgIpc) is 3.09. The summed E-state index contributed by atoms with van der Waals surface area (Å²) in [6, 6.07) is 7.46. The van der Waals surface area contributed by atoms with Crippen LogP contribution in [0.4, 0.5) is 4.39 Å². The first-order valence-corrected chi connectivity index (χ1v) is 8.43. The SMILES string of the molecule is CN=C(NC1CC1c1ccccc1F)N1CCC2(CCC2)C1. The Morgan fingerprint density at radius 1 is 1.32 bits per heavy atom. The zero-order valence-corrected chi connectivity index (χ0v) is 13.2. The van der Waals surface area contributed by atoms with E-state index < -0.39 is 0 Å². The van der Waals surface area contributed by atoms with Crippen LogP contribution in [0.3, 0.4) is 0 Å². The molecule has 1 aliphatic heterocycles. The van der Waals surface area contributed by atoms with E-state index in [1.54, 1.807) is 12.1 Å². The van der Waals surface area contributed by atoms with Gasteiger partial charge in [-0.15, -0.1) is 0 Å². The number of rotatable bonds is 2. The highest BCUT2D eigenvalue weighted by Gasteiger charge is 2.45. The molecule has 0 bridgehead atoms. The van der Waals surface area contributed by atoms with Gasteiger partial charge in [0.25, 0.3) is 0 Å². The van der Waals surface area contributed by atoms with Crippen LogP contribution in [0.5, 0.6) is 0 Å². The first-order chi connectivity index (χ1) is 10.7. The number of benzene rings is 1. The Bertz CT molecular complexity index is 594. The van der Waals surface area contributed by atoms with Crippen LogP contribution in [0, 0.1) is 11.2 Å². The molecule has 4 rings (SSSR count). The van der Waals surface area contributed by atoms with E-state index in [0.717, 1.165) is 31.0 Å². The Labute approximate surface area is 131 Å². The zero-order valence-electron chi connectivity index (χ0n) is 13.2. The van der Waals surface area contributed by atoms with E-state index in [4.69, 9.17) is 0 Å². The minimum Gasteiger partial charge on any atom is -0.353 e. The second-order valence-electron chi connectivity index (χ2n) is 7.19. The van der Waals surface area contributed by atoms with E-state index in [0.29, 0.717) is 17.4 Å². The fraction of sp³-hybridized carbons (Fsp3) is 0.611. The summed E-state index contributed by atoms with van der Waals surface area (Å²) >= 11 is 0. The number of hydrogen-bond donors (Lipinski definition) is 1. The molecule has 3 aliphatic rings. The molecule has 1 aromatic carbocycles. The maximum Gasteiger partial charge on any atom is 0.193 e. The molecule has 2 unspecified atom stereocenters. The molecule has 1 spiro atoms. The van der Waals surface area contributed by atoms with E-state index in [2.05, 4.69) is 15.2 Å². The summed E-state index contributed by atoms with van der Waals surface area (Å²) in [7, 11) is 1.86. The summed E-state index contributed by atoms with van der Waals surface area (Å²) in [5, 5.41) is 3.55. The molecule has 22 heavy (non-hydrogen) atoms. The lowest BCUT2D eigenvalue weighted by atomic mass is 9.68. The van der Waals surface area contributed by atoms with Crippen LogP contribution >= 0.6 is 0 Å². The predicted molar refractivity (Wildman–Crippen MR) is 86.5 cm³/mol. The molecule has 2 aliphatic carbocycles. The van der Waals surface area contributed by atoms with Crippen molar-refractivity contribution in [3.8, 4) is 0 Å². The Morgan fingerprint density at radius 2 is 2.14 bits per heavy atom. The third-order valence-corrected chi connectivity index (χ3v) is 5.77. The summed E-state index contributed by atoms with van der Waals surface area (Å²) in [6.45, 7) is 2.25. The molecule has 1 saturated heterocycles. The number of aliphatic imine (C=N–C) groups is 1. The van der Waals surface area contributed by atoms with Gasteiger partial charge in [-0.25, -0.2) is 4.39 Å². The molecule has 118 valence electrons. The molecule has 3 fully saturated rings. The minimum absolute atomic E-state index is 0.0821. The largest absolute Gasteiger partial charge is 0.353 e. The second kappa shape index (κ2) is 5.25. The average molecular weight is 301 g/mol. The van der Waals surface area contributed by atoms with Crippen LogP contribution in [0.15, 0.2) is 29.3 Å². The van der Waals surface area contributed by atoms with E-state index in [-0.39, 0.29) is 5.82 Å². The second-order valence-corrected chi connectivity index (χ2v) is 7.19. The van der Waals surface area contributed by atoms with Crippen molar-refractivity contribution in [2.75, 3.05) is 20.1 Å². The highest BCUT2D eigenvalue weighted by atomic mass is 19.1. The van der Waals surface area contributed by atoms with Crippen molar-refractivity contribution < 1.29 is 4.39 Å². The van der Waals surface area contributed by atoms with Gasteiger partial charge in [-0.2, -0.15) is 0 Å². The molecule has 1 heterocycles. The van der Waals surface area contributed by atoms with Gasteiger partial charge in [0.2, 0.25) is 0 Å². The normalized spacial score (nSPS) is 29.5. The zero-order chi connectivity index (χ0) is 15.2. The summed E-state index contributed by atoms with van der Waals surface area (Å²) in [5.41, 5.74) is 1.42. The standard InChI is InChI=1S/C18H24FN3/c1-20-17(22-10-9-18(12-22)7-4-8-18)21-16-11-14(16)13-5-2-3-6-15(13)19/h2-3,5-6,14,16H,4,7-12H2,1H3,(H,20,21). The predicted octanol–water partition coefficient (Wildman–Crippen LogP) is 3.13. The molecule has 4 heteroatoms. The highest BCUT2D eigenvalue weighted by molar-refractivity contribution is 5.81. The number of nitrogens with zero attached hydrogens (tertiary/aromatic N) is 2. The van der Waals surface area contributed by atoms with Gasteiger partial charge in [0.15, 0.2) is 5.96 Å². The smallest absolute Gasteiger partial charge is 0.193 e. The van der Waals surface area contributed by atoms with Gasteiger partial charge in [-0.3, -0.25) is 4.99 Å². The summed E-state index contributed by atoms with van der Waals surface area (Å²) in [4.78, 5) is 6.86. The maximum atomic E-state index is 13.9. The quantitative estimate of drug-likeness (QED) is 0.671. The lowest BCUT2D eigenvalue weighted by molar-refractivity contribution is 0.151. The lowest BCUT2D eigenvalue weighted by Crippen LogP contribution is -2.43. The first-order valence-electron chi connectivity index (χ1n) is 8.43. The molecule has 2 saturated carbocycles.